The van der Waals surface area contributed by atoms with Crippen molar-refractivity contribution in [3.05, 3.63) is 77.3 Å². The molecule has 1 aromatic heterocycles. The lowest BCUT2D eigenvalue weighted by atomic mass is 9.69. The SMILES string of the molecule is CC1=NC2=C(C(=O)C[C@@H](c3ccccc3)C2)[C@H](c2cccnc2)C1C(=O)OC(C)C. The number of aromatic nitrogens is 1. The molecule has 30 heavy (non-hydrogen) atoms. The normalized spacial score (nSPS) is 23.8. The van der Waals surface area contributed by atoms with E-state index in [1.165, 1.54) is 0 Å². The molecule has 2 aliphatic rings. The van der Waals surface area contributed by atoms with Crippen molar-refractivity contribution in [3.63, 3.8) is 0 Å². The van der Waals surface area contributed by atoms with E-state index in [9.17, 15) is 9.59 Å². The Morgan fingerprint density at radius 3 is 2.47 bits per heavy atom. The minimum atomic E-state index is -0.618. The summed E-state index contributed by atoms with van der Waals surface area (Å²) in [6.07, 6.45) is 4.29. The molecule has 0 N–H and O–H groups in total. The highest BCUT2D eigenvalue weighted by Crippen LogP contribution is 2.46. The third-order valence-corrected chi connectivity index (χ3v) is 5.81. The van der Waals surface area contributed by atoms with Crippen molar-refractivity contribution in [2.24, 2.45) is 10.9 Å². The molecule has 0 saturated carbocycles. The summed E-state index contributed by atoms with van der Waals surface area (Å²) in [6, 6.07) is 13.8. The molecule has 0 spiro atoms. The number of hydrogen-bond donors (Lipinski definition) is 0. The Morgan fingerprint density at radius 1 is 1.07 bits per heavy atom. The van der Waals surface area contributed by atoms with E-state index in [0.29, 0.717) is 24.1 Å². The number of nitrogens with zero attached hydrogens (tertiary/aromatic N) is 2. The van der Waals surface area contributed by atoms with Crippen molar-refractivity contribution in [1.82, 2.24) is 4.98 Å². The van der Waals surface area contributed by atoms with Gasteiger partial charge in [0.25, 0.3) is 0 Å². The average Bonchev–Trinajstić information content (AvgIpc) is 2.73. The fraction of sp³-hybridized carbons (Fsp3) is 0.360. The predicted molar refractivity (Wildman–Crippen MR) is 115 cm³/mol. The van der Waals surface area contributed by atoms with E-state index in [1.54, 1.807) is 12.4 Å². The number of benzene rings is 1. The number of ketones is 1. The van der Waals surface area contributed by atoms with Gasteiger partial charge in [0.1, 0.15) is 5.92 Å². The van der Waals surface area contributed by atoms with Gasteiger partial charge in [-0.25, -0.2) is 0 Å². The van der Waals surface area contributed by atoms with Crippen LogP contribution in [0.15, 0.2) is 71.1 Å². The highest BCUT2D eigenvalue weighted by Gasteiger charge is 2.45. The molecule has 5 nitrogen and oxygen atoms in total. The summed E-state index contributed by atoms with van der Waals surface area (Å²) < 4.78 is 5.54. The van der Waals surface area contributed by atoms with Gasteiger partial charge in [-0.3, -0.25) is 19.6 Å². The molecular formula is C25H26N2O3. The van der Waals surface area contributed by atoms with Crippen LogP contribution in [0.4, 0.5) is 0 Å². The molecular weight excluding hydrogens is 376 g/mol. The van der Waals surface area contributed by atoms with Crippen LogP contribution >= 0.6 is 0 Å². The third kappa shape index (κ3) is 3.84. The molecule has 5 heteroatoms. The second kappa shape index (κ2) is 8.34. The number of carbonyl (C=O) groups excluding carboxylic acids is 2. The maximum Gasteiger partial charge on any atom is 0.315 e. The van der Waals surface area contributed by atoms with E-state index in [-0.39, 0.29) is 23.8 Å². The molecule has 3 atom stereocenters. The number of Topliss-reactive ketones (excluding diaryl/α,β-unsaturated/α-hetero) is 1. The van der Waals surface area contributed by atoms with E-state index in [2.05, 4.69) is 17.1 Å². The number of carbonyl (C=O) groups is 2. The second-order valence-corrected chi connectivity index (χ2v) is 8.28. The fourth-order valence-electron chi connectivity index (χ4n) is 4.55. The summed E-state index contributed by atoms with van der Waals surface area (Å²) in [5, 5.41) is 0. The van der Waals surface area contributed by atoms with Crippen molar-refractivity contribution in [3.8, 4) is 0 Å². The van der Waals surface area contributed by atoms with Gasteiger partial charge >= 0.3 is 5.97 Å². The van der Waals surface area contributed by atoms with E-state index in [4.69, 9.17) is 9.73 Å². The number of rotatable bonds is 4. The minimum absolute atomic E-state index is 0.0533. The lowest BCUT2D eigenvalue weighted by Gasteiger charge is -2.36. The molecule has 2 heterocycles. The Labute approximate surface area is 176 Å². The van der Waals surface area contributed by atoms with Crippen molar-refractivity contribution in [2.45, 2.75) is 51.6 Å². The fourth-order valence-corrected chi connectivity index (χ4v) is 4.55. The Kier molecular flexibility index (Phi) is 5.62. The van der Waals surface area contributed by atoms with Gasteiger partial charge in [-0.1, -0.05) is 36.4 Å². The van der Waals surface area contributed by atoms with Gasteiger partial charge < -0.3 is 4.74 Å². The van der Waals surface area contributed by atoms with Crippen molar-refractivity contribution in [2.75, 3.05) is 0 Å². The number of ether oxygens (including phenoxy) is 1. The van der Waals surface area contributed by atoms with Gasteiger partial charge in [0.2, 0.25) is 0 Å². The quantitative estimate of drug-likeness (QED) is 0.701. The standard InChI is InChI=1S/C25H26N2O3/c1-15(2)30-25(29)22-16(3)27-20-12-19(17-8-5-4-6-9-17)13-21(28)24(20)23(22)18-10-7-11-26-14-18/h4-11,14-15,19,22-23H,12-13H2,1-3H3/t19-,22?,23+/m0/s1. The highest BCUT2D eigenvalue weighted by molar-refractivity contribution is 6.09. The molecule has 1 aromatic carbocycles. The maximum absolute atomic E-state index is 13.4. The van der Waals surface area contributed by atoms with Crippen LogP contribution in [0.1, 0.15) is 56.6 Å². The third-order valence-electron chi connectivity index (χ3n) is 5.81. The summed E-state index contributed by atoms with van der Waals surface area (Å²) in [5.74, 6) is -1.22. The Bertz CT molecular complexity index is 1010. The van der Waals surface area contributed by atoms with Gasteiger partial charge in [0.05, 0.1) is 6.10 Å². The maximum atomic E-state index is 13.4. The first kappa shape index (κ1) is 20.2. The van der Waals surface area contributed by atoms with Crippen molar-refractivity contribution in [1.29, 1.82) is 0 Å². The minimum Gasteiger partial charge on any atom is -0.462 e. The highest BCUT2D eigenvalue weighted by atomic mass is 16.5. The number of allylic oxidation sites excluding steroid dienone is 2. The lowest BCUT2D eigenvalue weighted by Crippen LogP contribution is -2.38. The molecule has 0 bridgehead atoms. The van der Waals surface area contributed by atoms with Crippen LogP contribution in [0.5, 0.6) is 0 Å². The Morgan fingerprint density at radius 2 is 1.80 bits per heavy atom. The average molecular weight is 402 g/mol. The molecule has 2 aromatic rings. The molecule has 0 saturated heterocycles. The summed E-state index contributed by atoms with van der Waals surface area (Å²) in [5.41, 5.74) is 4.11. The van der Waals surface area contributed by atoms with Gasteiger partial charge in [-0.2, -0.15) is 0 Å². The smallest absolute Gasteiger partial charge is 0.315 e. The van der Waals surface area contributed by atoms with Gasteiger partial charge in [0, 0.05) is 41.7 Å². The second-order valence-electron chi connectivity index (χ2n) is 8.28. The van der Waals surface area contributed by atoms with Gasteiger partial charge in [-0.05, 0) is 50.3 Å². The largest absolute Gasteiger partial charge is 0.462 e. The first-order valence-corrected chi connectivity index (χ1v) is 10.4. The number of pyridine rings is 1. The zero-order valence-corrected chi connectivity index (χ0v) is 17.5. The summed E-state index contributed by atoms with van der Waals surface area (Å²) in [7, 11) is 0. The lowest BCUT2D eigenvalue weighted by molar-refractivity contribution is -0.150. The first-order chi connectivity index (χ1) is 14.5. The molecule has 1 aliphatic heterocycles. The predicted octanol–water partition coefficient (Wildman–Crippen LogP) is 4.61. The summed E-state index contributed by atoms with van der Waals surface area (Å²) in [6.45, 7) is 5.51. The summed E-state index contributed by atoms with van der Waals surface area (Å²) >= 11 is 0. The van der Waals surface area contributed by atoms with Gasteiger partial charge in [-0.15, -0.1) is 0 Å². The zero-order chi connectivity index (χ0) is 21.3. The van der Waals surface area contributed by atoms with Crippen LogP contribution in [-0.4, -0.2) is 28.6 Å². The number of esters is 1. The van der Waals surface area contributed by atoms with Crippen LogP contribution in [0.2, 0.25) is 0 Å². The van der Waals surface area contributed by atoms with E-state index < -0.39 is 11.8 Å². The monoisotopic (exact) mass is 402 g/mol. The van der Waals surface area contributed by atoms with E-state index >= 15 is 0 Å². The topological polar surface area (TPSA) is 68.6 Å². The Balaban J connectivity index is 1.78. The molecule has 1 aliphatic carbocycles. The molecule has 0 fully saturated rings. The molecule has 4 rings (SSSR count). The van der Waals surface area contributed by atoms with E-state index in [0.717, 1.165) is 16.8 Å². The summed E-state index contributed by atoms with van der Waals surface area (Å²) in [4.78, 5) is 35.4. The van der Waals surface area contributed by atoms with Crippen molar-refractivity contribution < 1.29 is 14.3 Å². The first-order valence-electron chi connectivity index (χ1n) is 10.4. The molecule has 0 radical (unpaired) electrons. The van der Waals surface area contributed by atoms with Crippen LogP contribution in [0.3, 0.4) is 0 Å². The van der Waals surface area contributed by atoms with Crippen LogP contribution in [0.25, 0.3) is 0 Å². The number of aliphatic imine (C=N–C) groups is 1. The van der Waals surface area contributed by atoms with Crippen LogP contribution in [0, 0.1) is 5.92 Å². The number of hydrogen-bond acceptors (Lipinski definition) is 5. The van der Waals surface area contributed by atoms with Gasteiger partial charge in [0.15, 0.2) is 5.78 Å². The van der Waals surface area contributed by atoms with E-state index in [1.807, 2.05) is 51.1 Å². The zero-order valence-electron chi connectivity index (χ0n) is 17.5. The molecule has 1 unspecified atom stereocenters. The molecule has 0 amide bonds. The Hall–Kier alpha value is -3.08. The van der Waals surface area contributed by atoms with Crippen molar-refractivity contribution >= 4 is 17.5 Å². The molecule has 154 valence electrons. The van der Waals surface area contributed by atoms with Crippen LogP contribution in [-0.2, 0) is 14.3 Å². The van der Waals surface area contributed by atoms with Crippen LogP contribution < -0.4 is 0 Å².